The fourth-order valence-corrected chi connectivity index (χ4v) is 4.69. The van der Waals surface area contributed by atoms with Crippen molar-refractivity contribution in [3.63, 3.8) is 0 Å². The van der Waals surface area contributed by atoms with Gasteiger partial charge in [-0.05, 0) is 56.5 Å². The Morgan fingerprint density at radius 1 is 0.909 bits per heavy atom. The van der Waals surface area contributed by atoms with Crippen molar-refractivity contribution in [2.45, 2.75) is 27.7 Å². The van der Waals surface area contributed by atoms with Gasteiger partial charge < -0.3 is 15.0 Å². The van der Waals surface area contributed by atoms with Gasteiger partial charge in [-0.3, -0.25) is 9.59 Å². The summed E-state index contributed by atoms with van der Waals surface area (Å²) in [7, 11) is 0. The van der Waals surface area contributed by atoms with Gasteiger partial charge in [-0.2, -0.15) is 0 Å². The smallest absolute Gasteiger partial charge is 0.341 e. The molecule has 0 fully saturated rings. The van der Waals surface area contributed by atoms with Crippen LogP contribution in [0.5, 0.6) is 0 Å². The van der Waals surface area contributed by atoms with Crippen LogP contribution >= 0.6 is 11.3 Å². The fourth-order valence-electron chi connectivity index (χ4n) is 3.53. The molecule has 0 unspecified atom stereocenters. The number of nitrogens with zero attached hydrogens (tertiary/aromatic N) is 1. The first-order valence-corrected chi connectivity index (χ1v) is 11.8. The third-order valence-corrected chi connectivity index (χ3v) is 6.55. The topological polar surface area (TPSA) is 75.7 Å². The second-order valence-corrected chi connectivity index (χ2v) is 8.38. The Hall–Kier alpha value is -3.45. The van der Waals surface area contributed by atoms with Crippen LogP contribution in [0.15, 0.2) is 54.6 Å². The van der Waals surface area contributed by atoms with Crippen LogP contribution in [-0.4, -0.2) is 42.4 Å². The molecule has 0 radical (unpaired) electrons. The SMILES string of the molecule is CCOC(=O)c1c(NC(=O)c2ccc(-c3ccccc3)cc2)sc(C(=O)N(CC)CC)c1C. The molecular weight excluding hydrogens is 436 g/mol. The minimum atomic E-state index is -0.556. The Morgan fingerprint density at radius 3 is 2.09 bits per heavy atom. The van der Waals surface area contributed by atoms with Crippen LogP contribution in [0.3, 0.4) is 0 Å². The molecule has 0 spiro atoms. The van der Waals surface area contributed by atoms with E-state index in [9.17, 15) is 14.4 Å². The second-order valence-electron chi connectivity index (χ2n) is 7.36. The monoisotopic (exact) mass is 464 g/mol. The largest absolute Gasteiger partial charge is 0.462 e. The highest BCUT2D eigenvalue weighted by molar-refractivity contribution is 7.18. The van der Waals surface area contributed by atoms with E-state index in [4.69, 9.17) is 4.74 Å². The van der Waals surface area contributed by atoms with E-state index in [1.165, 1.54) is 0 Å². The predicted molar refractivity (Wildman–Crippen MR) is 132 cm³/mol. The van der Waals surface area contributed by atoms with Crippen LogP contribution in [0.4, 0.5) is 5.00 Å². The highest BCUT2D eigenvalue weighted by atomic mass is 32.1. The van der Waals surface area contributed by atoms with Crippen molar-refractivity contribution in [1.82, 2.24) is 4.90 Å². The fraction of sp³-hybridized carbons (Fsp3) is 0.269. The molecule has 0 saturated heterocycles. The van der Waals surface area contributed by atoms with Crippen molar-refractivity contribution < 1.29 is 19.1 Å². The second kappa shape index (κ2) is 10.9. The Bertz CT molecular complexity index is 1130. The molecule has 0 saturated carbocycles. The number of nitrogens with one attached hydrogen (secondary N) is 1. The lowest BCUT2D eigenvalue weighted by Crippen LogP contribution is -2.30. The van der Waals surface area contributed by atoms with Crippen LogP contribution in [0.25, 0.3) is 11.1 Å². The van der Waals surface area contributed by atoms with Gasteiger partial charge in [0.1, 0.15) is 5.00 Å². The summed E-state index contributed by atoms with van der Waals surface area (Å²) in [4.78, 5) is 40.7. The van der Waals surface area contributed by atoms with Crippen molar-refractivity contribution in [3.8, 4) is 11.1 Å². The lowest BCUT2D eigenvalue weighted by molar-refractivity contribution is 0.0527. The number of hydrogen-bond donors (Lipinski definition) is 1. The number of ether oxygens (including phenoxy) is 1. The van der Waals surface area contributed by atoms with Gasteiger partial charge in [0.2, 0.25) is 0 Å². The van der Waals surface area contributed by atoms with Gasteiger partial charge in [0.05, 0.1) is 17.0 Å². The minimum absolute atomic E-state index is 0.166. The van der Waals surface area contributed by atoms with Gasteiger partial charge in [-0.25, -0.2) is 4.79 Å². The number of carbonyl (C=O) groups excluding carboxylic acids is 3. The van der Waals surface area contributed by atoms with Gasteiger partial charge >= 0.3 is 5.97 Å². The Labute approximate surface area is 198 Å². The molecule has 0 aliphatic heterocycles. The zero-order valence-electron chi connectivity index (χ0n) is 19.3. The lowest BCUT2D eigenvalue weighted by Gasteiger charge is -2.18. The van der Waals surface area contributed by atoms with Crippen LogP contribution < -0.4 is 5.32 Å². The lowest BCUT2D eigenvalue weighted by atomic mass is 10.0. The zero-order chi connectivity index (χ0) is 24.0. The summed E-state index contributed by atoms with van der Waals surface area (Å²) < 4.78 is 5.20. The summed E-state index contributed by atoms with van der Waals surface area (Å²) in [6, 6.07) is 17.1. The maximum atomic E-state index is 13.0. The molecule has 2 aromatic carbocycles. The highest BCUT2D eigenvalue weighted by Gasteiger charge is 2.28. The van der Waals surface area contributed by atoms with Gasteiger partial charge in [0.15, 0.2) is 0 Å². The molecule has 0 aliphatic rings. The third kappa shape index (κ3) is 5.31. The van der Waals surface area contributed by atoms with Crippen LogP contribution in [-0.2, 0) is 4.74 Å². The summed E-state index contributed by atoms with van der Waals surface area (Å²) in [6.07, 6.45) is 0. The Kier molecular flexibility index (Phi) is 8.01. The van der Waals surface area contributed by atoms with E-state index in [1.807, 2.05) is 56.3 Å². The van der Waals surface area contributed by atoms with Crippen molar-refractivity contribution in [1.29, 1.82) is 0 Å². The van der Waals surface area contributed by atoms with E-state index in [1.54, 1.807) is 30.9 Å². The first-order chi connectivity index (χ1) is 15.9. The zero-order valence-corrected chi connectivity index (χ0v) is 20.1. The summed E-state index contributed by atoms with van der Waals surface area (Å²) in [5, 5.41) is 3.14. The molecule has 33 heavy (non-hydrogen) atoms. The minimum Gasteiger partial charge on any atom is -0.462 e. The van der Waals surface area contributed by atoms with E-state index < -0.39 is 5.97 Å². The average Bonchev–Trinajstić information content (AvgIpc) is 3.16. The van der Waals surface area contributed by atoms with Crippen molar-refractivity contribution >= 4 is 34.1 Å². The van der Waals surface area contributed by atoms with E-state index in [-0.39, 0.29) is 24.0 Å². The summed E-state index contributed by atoms with van der Waals surface area (Å²) in [5.74, 6) is -1.08. The summed E-state index contributed by atoms with van der Waals surface area (Å²) >= 11 is 1.11. The molecule has 7 heteroatoms. The Morgan fingerprint density at radius 2 is 1.52 bits per heavy atom. The van der Waals surface area contributed by atoms with E-state index in [0.717, 1.165) is 22.5 Å². The number of rotatable bonds is 8. The van der Waals surface area contributed by atoms with Crippen LogP contribution in [0, 0.1) is 6.92 Å². The predicted octanol–water partition coefficient (Wildman–Crippen LogP) is 5.63. The normalized spacial score (nSPS) is 10.5. The van der Waals surface area contributed by atoms with Crippen molar-refractivity contribution in [2.75, 3.05) is 25.0 Å². The van der Waals surface area contributed by atoms with Gasteiger partial charge in [0.25, 0.3) is 11.8 Å². The van der Waals surface area contributed by atoms with E-state index >= 15 is 0 Å². The summed E-state index contributed by atoms with van der Waals surface area (Å²) in [5.41, 5.74) is 3.25. The molecule has 0 atom stereocenters. The Balaban J connectivity index is 1.91. The molecule has 6 nitrogen and oxygen atoms in total. The van der Waals surface area contributed by atoms with Crippen molar-refractivity contribution in [3.05, 3.63) is 76.2 Å². The number of amides is 2. The molecule has 3 aromatic rings. The number of carbonyl (C=O) groups is 3. The summed E-state index contributed by atoms with van der Waals surface area (Å²) in [6.45, 7) is 8.53. The maximum absolute atomic E-state index is 13.0. The van der Waals surface area contributed by atoms with Crippen molar-refractivity contribution in [2.24, 2.45) is 0 Å². The first-order valence-electron chi connectivity index (χ1n) is 11.0. The molecule has 172 valence electrons. The molecule has 1 heterocycles. The van der Waals surface area contributed by atoms with Crippen LogP contribution in [0.1, 0.15) is 56.7 Å². The molecule has 3 rings (SSSR count). The average molecular weight is 465 g/mol. The standard InChI is InChI=1S/C26H28N2O4S/c1-5-28(6-2)25(30)22-17(4)21(26(31)32-7-3)24(33-22)27-23(29)20-15-13-19(14-16-20)18-11-9-8-10-12-18/h8-16H,5-7H2,1-4H3,(H,27,29). The molecule has 0 aliphatic carbocycles. The molecule has 1 N–H and O–H groups in total. The first kappa shape index (κ1) is 24.2. The van der Waals surface area contributed by atoms with E-state index in [2.05, 4.69) is 5.32 Å². The third-order valence-electron chi connectivity index (χ3n) is 5.35. The number of hydrogen-bond acceptors (Lipinski definition) is 5. The molecule has 1 aromatic heterocycles. The number of esters is 1. The molecule has 2 amide bonds. The number of benzene rings is 2. The van der Waals surface area contributed by atoms with Crippen LogP contribution in [0.2, 0.25) is 0 Å². The quantitative estimate of drug-likeness (QED) is 0.438. The van der Waals surface area contributed by atoms with E-state index in [0.29, 0.717) is 34.1 Å². The maximum Gasteiger partial charge on any atom is 0.341 e. The molecule has 0 bridgehead atoms. The number of anilines is 1. The van der Waals surface area contributed by atoms with Gasteiger partial charge in [-0.15, -0.1) is 11.3 Å². The highest BCUT2D eigenvalue weighted by Crippen LogP contribution is 2.35. The van der Waals surface area contributed by atoms with Gasteiger partial charge in [0, 0.05) is 18.7 Å². The number of thiophene rings is 1. The molecular formula is C26H28N2O4S. The van der Waals surface area contributed by atoms with Gasteiger partial charge in [-0.1, -0.05) is 42.5 Å².